The number of carbonyl (C=O) groups excluding carboxylic acids is 1. The van der Waals surface area contributed by atoms with Gasteiger partial charge in [-0.1, -0.05) is 43.9 Å². The topological polar surface area (TPSA) is 26.3 Å². The van der Waals surface area contributed by atoms with E-state index in [1.165, 1.54) is 31.2 Å². The molecule has 2 aliphatic rings. The van der Waals surface area contributed by atoms with Gasteiger partial charge in [0.2, 0.25) is 0 Å². The van der Waals surface area contributed by atoms with Crippen molar-refractivity contribution in [3.05, 3.63) is 29.8 Å². The van der Waals surface area contributed by atoms with Crippen molar-refractivity contribution in [2.24, 2.45) is 5.92 Å². The second-order valence-electron chi connectivity index (χ2n) is 5.97. The minimum atomic E-state index is 0.374. The van der Waals surface area contributed by atoms with Gasteiger partial charge in [-0.2, -0.15) is 0 Å². The van der Waals surface area contributed by atoms with Crippen molar-refractivity contribution in [2.75, 3.05) is 6.61 Å². The van der Waals surface area contributed by atoms with Gasteiger partial charge >= 0.3 is 0 Å². The average molecular weight is 258 g/mol. The largest absolute Gasteiger partial charge is 0.493 e. The molecule has 0 N–H and O–H groups in total. The Kier molecular flexibility index (Phi) is 3.86. The molecule has 1 fully saturated rings. The van der Waals surface area contributed by atoms with Crippen LogP contribution in [0.3, 0.4) is 0 Å². The molecular formula is C17H22O2. The van der Waals surface area contributed by atoms with E-state index in [0.29, 0.717) is 24.0 Å². The molecular weight excluding hydrogens is 236 g/mol. The van der Waals surface area contributed by atoms with Crippen LogP contribution in [0.1, 0.15) is 56.4 Å². The zero-order valence-electron chi connectivity index (χ0n) is 11.4. The van der Waals surface area contributed by atoms with Gasteiger partial charge < -0.3 is 4.74 Å². The molecule has 1 aliphatic heterocycles. The summed E-state index contributed by atoms with van der Waals surface area (Å²) in [5.74, 6) is 2.47. The molecule has 2 nitrogen and oxygen atoms in total. The van der Waals surface area contributed by atoms with Crippen LogP contribution in [0.5, 0.6) is 5.75 Å². The summed E-state index contributed by atoms with van der Waals surface area (Å²) in [6.07, 6.45) is 7.64. The van der Waals surface area contributed by atoms with Crippen molar-refractivity contribution in [1.82, 2.24) is 0 Å². The number of benzene rings is 1. The van der Waals surface area contributed by atoms with Gasteiger partial charge in [0.25, 0.3) is 0 Å². The third-order valence-electron chi connectivity index (χ3n) is 4.55. The Bertz CT molecular complexity index is 446. The molecule has 0 aromatic heterocycles. The summed E-state index contributed by atoms with van der Waals surface area (Å²) in [6.45, 7) is 0.748. The Morgan fingerprint density at radius 3 is 2.74 bits per heavy atom. The van der Waals surface area contributed by atoms with Crippen LogP contribution in [-0.2, 0) is 4.79 Å². The van der Waals surface area contributed by atoms with Gasteiger partial charge in [0.05, 0.1) is 6.61 Å². The summed E-state index contributed by atoms with van der Waals surface area (Å²) in [5, 5.41) is 0. The highest BCUT2D eigenvalue weighted by atomic mass is 16.5. The SMILES string of the molecule is O=C(CC1CCCC1)CC1CCOc2ccccc21. The van der Waals surface area contributed by atoms with Crippen molar-refractivity contribution < 1.29 is 9.53 Å². The van der Waals surface area contributed by atoms with Crippen LogP contribution in [0.15, 0.2) is 24.3 Å². The van der Waals surface area contributed by atoms with Gasteiger partial charge in [0.15, 0.2) is 0 Å². The molecule has 102 valence electrons. The van der Waals surface area contributed by atoms with Gasteiger partial charge in [-0.3, -0.25) is 4.79 Å². The fourth-order valence-electron chi connectivity index (χ4n) is 3.52. The zero-order chi connectivity index (χ0) is 13.1. The highest BCUT2D eigenvalue weighted by Gasteiger charge is 2.25. The maximum Gasteiger partial charge on any atom is 0.133 e. The number of rotatable bonds is 4. The van der Waals surface area contributed by atoms with Crippen LogP contribution in [0.25, 0.3) is 0 Å². The number of Topliss-reactive ketones (excluding diaryl/α,β-unsaturated/α-hetero) is 1. The fraction of sp³-hybridized carbons (Fsp3) is 0.588. The van der Waals surface area contributed by atoms with Crippen molar-refractivity contribution in [1.29, 1.82) is 0 Å². The Morgan fingerprint density at radius 2 is 1.89 bits per heavy atom. The quantitative estimate of drug-likeness (QED) is 0.813. The van der Waals surface area contributed by atoms with Gasteiger partial charge in [0, 0.05) is 12.8 Å². The molecule has 0 bridgehead atoms. The molecule has 1 unspecified atom stereocenters. The molecule has 2 heteroatoms. The minimum absolute atomic E-state index is 0.374. The molecule has 0 spiro atoms. The van der Waals surface area contributed by atoms with Crippen molar-refractivity contribution in [2.45, 2.75) is 50.9 Å². The van der Waals surface area contributed by atoms with Crippen LogP contribution in [0, 0.1) is 5.92 Å². The summed E-state index contributed by atoms with van der Waals surface area (Å²) in [7, 11) is 0. The number of fused-ring (bicyclic) bond motifs is 1. The molecule has 0 amide bonds. The first kappa shape index (κ1) is 12.7. The van der Waals surface area contributed by atoms with E-state index in [1.54, 1.807) is 0 Å². The molecule has 1 aromatic carbocycles. The molecule has 0 saturated heterocycles. The summed E-state index contributed by atoms with van der Waals surface area (Å²) in [4.78, 5) is 12.2. The molecule has 1 aliphatic carbocycles. The predicted octanol–water partition coefficient (Wildman–Crippen LogP) is 4.09. The van der Waals surface area contributed by atoms with Crippen molar-refractivity contribution in [3.8, 4) is 5.75 Å². The monoisotopic (exact) mass is 258 g/mol. The molecule has 0 radical (unpaired) electrons. The number of para-hydroxylation sites is 1. The van der Waals surface area contributed by atoms with E-state index >= 15 is 0 Å². The van der Waals surface area contributed by atoms with Gasteiger partial charge in [-0.15, -0.1) is 0 Å². The molecule has 1 saturated carbocycles. The lowest BCUT2D eigenvalue weighted by atomic mass is 9.86. The maximum atomic E-state index is 12.2. The van der Waals surface area contributed by atoms with Crippen LogP contribution < -0.4 is 4.74 Å². The molecule has 1 atom stereocenters. The normalized spacial score (nSPS) is 22.8. The highest BCUT2D eigenvalue weighted by Crippen LogP contribution is 2.36. The first-order valence-corrected chi connectivity index (χ1v) is 7.56. The number of hydrogen-bond donors (Lipinski definition) is 0. The molecule has 3 rings (SSSR count). The lowest BCUT2D eigenvalue weighted by Gasteiger charge is -2.25. The highest BCUT2D eigenvalue weighted by molar-refractivity contribution is 5.79. The molecule has 1 heterocycles. The van der Waals surface area contributed by atoms with E-state index in [-0.39, 0.29) is 0 Å². The van der Waals surface area contributed by atoms with Crippen LogP contribution >= 0.6 is 0 Å². The number of ether oxygens (including phenoxy) is 1. The third kappa shape index (κ3) is 2.99. The minimum Gasteiger partial charge on any atom is -0.493 e. The second-order valence-corrected chi connectivity index (χ2v) is 5.97. The number of hydrogen-bond acceptors (Lipinski definition) is 2. The van der Waals surface area contributed by atoms with E-state index in [2.05, 4.69) is 6.07 Å². The zero-order valence-corrected chi connectivity index (χ0v) is 11.4. The van der Waals surface area contributed by atoms with Gasteiger partial charge in [-0.05, 0) is 29.9 Å². The Labute approximate surface area is 115 Å². The summed E-state index contributed by atoms with van der Waals surface area (Å²) in [6, 6.07) is 8.18. The number of ketones is 1. The molecule has 1 aromatic rings. The van der Waals surface area contributed by atoms with E-state index < -0.39 is 0 Å². The van der Waals surface area contributed by atoms with E-state index in [0.717, 1.165) is 25.2 Å². The Balaban J connectivity index is 1.62. The van der Waals surface area contributed by atoms with Crippen molar-refractivity contribution >= 4 is 5.78 Å². The lowest BCUT2D eigenvalue weighted by Crippen LogP contribution is -2.18. The predicted molar refractivity (Wildman–Crippen MR) is 75.5 cm³/mol. The lowest BCUT2D eigenvalue weighted by molar-refractivity contribution is -0.120. The summed E-state index contributed by atoms with van der Waals surface area (Å²) in [5.41, 5.74) is 1.23. The third-order valence-corrected chi connectivity index (χ3v) is 4.55. The average Bonchev–Trinajstić information content (AvgIpc) is 2.92. The van der Waals surface area contributed by atoms with E-state index in [9.17, 15) is 4.79 Å². The van der Waals surface area contributed by atoms with Crippen LogP contribution in [0.4, 0.5) is 0 Å². The van der Waals surface area contributed by atoms with Crippen LogP contribution in [0.2, 0.25) is 0 Å². The summed E-state index contributed by atoms with van der Waals surface area (Å²) < 4.78 is 5.66. The van der Waals surface area contributed by atoms with Crippen LogP contribution in [-0.4, -0.2) is 12.4 Å². The first-order valence-electron chi connectivity index (χ1n) is 7.56. The first-order chi connectivity index (χ1) is 9.33. The Morgan fingerprint density at radius 1 is 1.11 bits per heavy atom. The smallest absolute Gasteiger partial charge is 0.133 e. The van der Waals surface area contributed by atoms with Crippen molar-refractivity contribution in [3.63, 3.8) is 0 Å². The molecule has 19 heavy (non-hydrogen) atoms. The standard InChI is InChI=1S/C17H22O2/c18-15(11-13-5-1-2-6-13)12-14-9-10-19-17-8-4-3-7-16(14)17/h3-4,7-8,13-14H,1-2,5-6,9-12H2. The number of carbonyl (C=O) groups is 1. The van der Waals surface area contributed by atoms with E-state index in [4.69, 9.17) is 4.74 Å². The van der Waals surface area contributed by atoms with Gasteiger partial charge in [0.1, 0.15) is 11.5 Å². The fourth-order valence-corrected chi connectivity index (χ4v) is 3.52. The summed E-state index contributed by atoms with van der Waals surface area (Å²) >= 11 is 0. The maximum absolute atomic E-state index is 12.2. The van der Waals surface area contributed by atoms with E-state index in [1.807, 2.05) is 18.2 Å². The Hall–Kier alpha value is -1.31. The second kappa shape index (κ2) is 5.77. The van der Waals surface area contributed by atoms with Gasteiger partial charge in [-0.25, -0.2) is 0 Å².